The summed E-state index contributed by atoms with van der Waals surface area (Å²) >= 11 is 1.54. The number of aromatic nitrogens is 1. The van der Waals surface area contributed by atoms with Gasteiger partial charge in [-0.1, -0.05) is 48.5 Å². The van der Waals surface area contributed by atoms with Crippen molar-refractivity contribution in [3.8, 4) is 11.3 Å². The summed E-state index contributed by atoms with van der Waals surface area (Å²) in [7, 11) is 0. The molecule has 3 aromatic carbocycles. The molecule has 0 aliphatic rings. The predicted molar refractivity (Wildman–Crippen MR) is 120 cm³/mol. The normalized spacial score (nSPS) is 11.4. The van der Waals surface area contributed by atoms with Crippen LogP contribution in [-0.2, 0) is 6.54 Å². The Bertz CT molecular complexity index is 1210. The number of nitro groups is 1. The van der Waals surface area contributed by atoms with Crippen LogP contribution in [0.25, 0.3) is 22.0 Å². The number of non-ortho nitro benzene ring substituents is 1. The third kappa shape index (κ3) is 3.76. The minimum Gasteiger partial charge on any atom is -0.317 e. The first kappa shape index (κ1) is 20.0. The van der Waals surface area contributed by atoms with Crippen molar-refractivity contribution in [3.63, 3.8) is 0 Å². The zero-order valence-corrected chi connectivity index (χ0v) is 17.6. The maximum absolute atomic E-state index is 11.1. The van der Waals surface area contributed by atoms with E-state index < -0.39 is 0 Å². The number of halogens is 1. The number of benzene rings is 3. The van der Waals surface area contributed by atoms with Crippen molar-refractivity contribution in [2.24, 2.45) is 4.99 Å². The van der Waals surface area contributed by atoms with Crippen LogP contribution in [0.1, 0.15) is 6.92 Å². The Morgan fingerprint density at radius 3 is 2.61 bits per heavy atom. The van der Waals surface area contributed by atoms with Gasteiger partial charge in [-0.05, 0) is 18.4 Å². The lowest BCUT2D eigenvalue weighted by molar-refractivity contribution is -0.384. The minimum absolute atomic E-state index is 0. The van der Waals surface area contributed by atoms with Gasteiger partial charge in [0.1, 0.15) is 0 Å². The molecule has 0 saturated heterocycles. The molecule has 4 aromatic rings. The number of fused-ring (bicyclic) bond motifs is 1. The first-order chi connectivity index (χ1) is 13.2. The molecule has 0 amide bonds. The maximum Gasteiger partial charge on any atom is 0.270 e. The Labute approximate surface area is 176 Å². The van der Waals surface area contributed by atoms with E-state index in [0.29, 0.717) is 0 Å². The van der Waals surface area contributed by atoms with Gasteiger partial charge in [0.2, 0.25) is 0 Å². The van der Waals surface area contributed by atoms with Crippen molar-refractivity contribution >= 4 is 50.5 Å². The maximum atomic E-state index is 11.1. The summed E-state index contributed by atoms with van der Waals surface area (Å²) in [6.45, 7) is 2.78. The van der Waals surface area contributed by atoms with Crippen LogP contribution in [0, 0.1) is 10.1 Å². The summed E-state index contributed by atoms with van der Waals surface area (Å²) in [6.07, 6.45) is 0. The van der Waals surface area contributed by atoms with Crippen LogP contribution in [0.5, 0.6) is 0 Å². The van der Waals surface area contributed by atoms with Gasteiger partial charge >= 0.3 is 0 Å². The van der Waals surface area contributed by atoms with Crippen LogP contribution in [0.15, 0.2) is 77.1 Å². The van der Waals surface area contributed by atoms with Crippen molar-refractivity contribution in [1.29, 1.82) is 0 Å². The van der Waals surface area contributed by atoms with Gasteiger partial charge in [-0.2, -0.15) is 0 Å². The fourth-order valence-corrected chi connectivity index (χ4v) is 4.13. The molecule has 4 rings (SSSR count). The predicted octanol–water partition coefficient (Wildman–Crippen LogP) is 6.11. The summed E-state index contributed by atoms with van der Waals surface area (Å²) in [5.41, 5.74) is 2.77. The molecular weight excluding hydrogens is 438 g/mol. The lowest BCUT2D eigenvalue weighted by Gasteiger charge is -2.06. The number of thiazole rings is 1. The molecule has 0 fully saturated rings. The van der Waals surface area contributed by atoms with Gasteiger partial charge in [-0.25, -0.2) is 4.99 Å². The van der Waals surface area contributed by atoms with E-state index in [4.69, 9.17) is 4.99 Å². The molecule has 0 radical (unpaired) electrons. The van der Waals surface area contributed by atoms with Crippen molar-refractivity contribution in [1.82, 2.24) is 4.57 Å². The van der Waals surface area contributed by atoms with Crippen molar-refractivity contribution in [2.45, 2.75) is 13.5 Å². The number of rotatable bonds is 4. The highest BCUT2D eigenvalue weighted by molar-refractivity contribution is 8.93. The minimum atomic E-state index is -0.368. The number of nitro benzene ring substituents is 1. The number of nitrogens with zero attached hydrogens (tertiary/aromatic N) is 3. The lowest BCUT2D eigenvalue weighted by atomic mass is 10.1. The highest BCUT2D eigenvalue weighted by atomic mass is 79.9. The fraction of sp³-hybridized carbons (Fsp3) is 0.0952. The largest absolute Gasteiger partial charge is 0.317 e. The highest BCUT2D eigenvalue weighted by Crippen LogP contribution is 2.27. The molecule has 28 heavy (non-hydrogen) atoms. The van der Waals surface area contributed by atoms with E-state index in [-0.39, 0.29) is 27.6 Å². The van der Waals surface area contributed by atoms with E-state index in [1.165, 1.54) is 17.4 Å². The zero-order chi connectivity index (χ0) is 18.8. The zero-order valence-electron chi connectivity index (χ0n) is 15.1. The van der Waals surface area contributed by atoms with Gasteiger partial charge in [-0.3, -0.25) is 10.1 Å². The molecule has 1 heterocycles. The summed E-state index contributed by atoms with van der Waals surface area (Å²) in [5.74, 6) is 0. The average Bonchev–Trinajstić information content (AvgIpc) is 3.11. The molecule has 142 valence electrons. The van der Waals surface area contributed by atoms with Crippen molar-refractivity contribution in [3.05, 3.63) is 87.0 Å². The summed E-state index contributed by atoms with van der Waals surface area (Å²) in [5, 5.41) is 15.4. The second-order valence-electron chi connectivity index (χ2n) is 6.07. The first-order valence-corrected chi connectivity index (χ1v) is 9.51. The van der Waals surface area contributed by atoms with Gasteiger partial charge in [0, 0.05) is 35.0 Å². The van der Waals surface area contributed by atoms with Crippen LogP contribution in [0.2, 0.25) is 0 Å². The van der Waals surface area contributed by atoms with Crippen LogP contribution < -0.4 is 4.80 Å². The van der Waals surface area contributed by atoms with E-state index in [2.05, 4.69) is 29.7 Å². The van der Waals surface area contributed by atoms with Crippen molar-refractivity contribution < 1.29 is 4.92 Å². The molecule has 0 spiro atoms. The molecule has 7 heteroatoms. The van der Waals surface area contributed by atoms with Crippen LogP contribution >= 0.6 is 28.3 Å². The molecule has 5 nitrogen and oxygen atoms in total. The van der Waals surface area contributed by atoms with Gasteiger partial charge in [0.25, 0.3) is 5.69 Å². The van der Waals surface area contributed by atoms with E-state index in [0.717, 1.165) is 39.1 Å². The quantitative estimate of drug-likeness (QED) is 0.275. The van der Waals surface area contributed by atoms with E-state index >= 15 is 0 Å². The van der Waals surface area contributed by atoms with Gasteiger partial charge in [-0.15, -0.1) is 28.3 Å². The van der Waals surface area contributed by atoms with Gasteiger partial charge < -0.3 is 4.57 Å². The molecular formula is C21H18BrN3O2S. The third-order valence-corrected chi connectivity index (χ3v) is 5.31. The highest BCUT2D eigenvalue weighted by Gasteiger charge is 2.11. The van der Waals surface area contributed by atoms with Crippen molar-refractivity contribution in [2.75, 3.05) is 0 Å². The Hall–Kier alpha value is -2.77. The molecule has 1 aromatic heterocycles. The molecule has 0 atom stereocenters. The second kappa shape index (κ2) is 8.50. The summed E-state index contributed by atoms with van der Waals surface area (Å²) < 4.78 is 2.09. The van der Waals surface area contributed by atoms with E-state index in [1.807, 2.05) is 35.7 Å². The number of hydrogen-bond acceptors (Lipinski definition) is 4. The SMILES string of the molecule is Br.CCn1c(-c2cccc([N+](=O)[O-])c2)csc1=Nc1cccc2ccccc12. The summed E-state index contributed by atoms with van der Waals surface area (Å²) in [6, 6.07) is 21.0. The topological polar surface area (TPSA) is 60.4 Å². The average molecular weight is 456 g/mol. The fourth-order valence-electron chi connectivity index (χ4n) is 3.14. The smallest absolute Gasteiger partial charge is 0.270 e. The Morgan fingerprint density at radius 1 is 1.07 bits per heavy atom. The lowest BCUT2D eigenvalue weighted by Crippen LogP contribution is -2.14. The first-order valence-electron chi connectivity index (χ1n) is 8.63. The van der Waals surface area contributed by atoms with E-state index in [1.54, 1.807) is 12.1 Å². The molecule has 0 aliphatic carbocycles. The Morgan fingerprint density at radius 2 is 1.82 bits per heavy atom. The molecule has 0 aliphatic heterocycles. The van der Waals surface area contributed by atoms with Gasteiger partial charge in [0.05, 0.1) is 16.3 Å². The molecule has 0 N–H and O–H groups in total. The number of hydrogen-bond donors (Lipinski definition) is 0. The molecule has 0 saturated carbocycles. The second-order valence-corrected chi connectivity index (χ2v) is 6.90. The van der Waals surface area contributed by atoms with Crippen LogP contribution in [0.3, 0.4) is 0 Å². The Kier molecular flexibility index (Phi) is 6.06. The van der Waals surface area contributed by atoms with Gasteiger partial charge in [0.15, 0.2) is 4.80 Å². The summed E-state index contributed by atoms with van der Waals surface area (Å²) in [4.78, 5) is 16.5. The standard InChI is InChI=1S/C21H17N3O2S.BrH/c1-2-23-20(16-9-5-10-17(13-16)24(25)26)14-27-21(23)22-19-12-6-8-15-7-3-4-11-18(15)19;/h3-14H,2H2,1H3;1H. The van der Waals surface area contributed by atoms with Crippen LogP contribution in [-0.4, -0.2) is 9.49 Å². The molecule has 0 bridgehead atoms. The monoisotopic (exact) mass is 455 g/mol. The van der Waals surface area contributed by atoms with Crippen LogP contribution in [0.4, 0.5) is 11.4 Å². The van der Waals surface area contributed by atoms with E-state index in [9.17, 15) is 10.1 Å². The third-order valence-electron chi connectivity index (χ3n) is 4.45. The molecule has 0 unspecified atom stereocenters. The Balaban J connectivity index is 0.00000225.